The normalized spacial score (nSPS) is 11.2. The summed E-state index contributed by atoms with van der Waals surface area (Å²) in [6.07, 6.45) is 6.22. The zero-order chi connectivity index (χ0) is 19.2. The van der Waals surface area contributed by atoms with E-state index in [9.17, 15) is 4.79 Å². The summed E-state index contributed by atoms with van der Waals surface area (Å²) in [5.41, 5.74) is 2.79. The van der Waals surface area contributed by atoms with Gasteiger partial charge in [0.05, 0.1) is 16.6 Å². The SMILES string of the molecule is CCCCCCCSc1nc2ccc(I)cc2c(=O)n1-c1ccccc1C. The number of aromatic nitrogens is 2. The highest BCUT2D eigenvalue weighted by molar-refractivity contribution is 14.1. The Bertz CT molecular complexity index is 984. The summed E-state index contributed by atoms with van der Waals surface area (Å²) in [7, 11) is 0. The fraction of sp³-hybridized carbons (Fsp3) is 0.364. The van der Waals surface area contributed by atoms with E-state index in [2.05, 4.69) is 29.5 Å². The van der Waals surface area contributed by atoms with Crippen molar-refractivity contribution in [3.8, 4) is 5.69 Å². The van der Waals surface area contributed by atoms with Crippen LogP contribution in [0, 0.1) is 10.5 Å². The van der Waals surface area contributed by atoms with Gasteiger partial charge in [-0.15, -0.1) is 0 Å². The number of halogens is 1. The van der Waals surface area contributed by atoms with Crippen molar-refractivity contribution < 1.29 is 0 Å². The fourth-order valence-corrected chi connectivity index (χ4v) is 4.63. The van der Waals surface area contributed by atoms with Crippen LogP contribution in [0.25, 0.3) is 16.6 Å². The second-order valence-electron chi connectivity index (χ2n) is 6.75. The first-order chi connectivity index (χ1) is 13.1. The van der Waals surface area contributed by atoms with Crippen LogP contribution in [0.4, 0.5) is 0 Å². The van der Waals surface area contributed by atoms with Crippen molar-refractivity contribution in [1.82, 2.24) is 9.55 Å². The summed E-state index contributed by atoms with van der Waals surface area (Å²) in [6.45, 7) is 4.27. The predicted octanol–water partition coefficient (Wildman–Crippen LogP) is 6.36. The van der Waals surface area contributed by atoms with E-state index in [0.29, 0.717) is 5.39 Å². The Labute approximate surface area is 178 Å². The molecule has 0 saturated carbocycles. The Balaban J connectivity index is 2.00. The molecule has 0 aliphatic rings. The lowest BCUT2D eigenvalue weighted by molar-refractivity contribution is 0.658. The monoisotopic (exact) mass is 492 g/mol. The summed E-state index contributed by atoms with van der Waals surface area (Å²) >= 11 is 3.94. The maximum Gasteiger partial charge on any atom is 0.266 e. The van der Waals surface area contributed by atoms with Crippen molar-refractivity contribution >= 4 is 45.3 Å². The average Bonchev–Trinajstić information content (AvgIpc) is 2.66. The second kappa shape index (κ2) is 9.73. The molecule has 0 bridgehead atoms. The summed E-state index contributed by atoms with van der Waals surface area (Å²) in [6, 6.07) is 13.9. The third kappa shape index (κ3) is 4.93. The highest BCUT2D eigenvalue weighted by Gasteiger charge is 2.15. The lowest BCUT2D eigenvalue weighted by Crippen LogP contribution is -2.22. The highest BCUT2D eigenvalue weighted by Crippen LogP contribution is 2.24. The van der Waals surface area contributed by atoms with Crippen LogP contribution in [0.2, 0.25) is 0 Å². The van der Waals surface area contributed by atoms with Gasteiger partial charge in [0.1, 0.15) is 0 Å². The van der Waals surface area contributed by atoms with Crippen molar-refractivity contribution in [1.29, 1.82) is 0 Å². The van der Waals surface area contributed by atoms with Crippen LogP contribution < -0.4 is 5.56 Å². The van der Waals surface area contributed by atoms with Gasteiger partial charge in [0, 0.05) is 9.32 Å². The molecule has 3 rings (SSSR count). The molecule has 27 heavy (non-hydrogen) atoms. The molecule has 0 saturated heterocycles. The topological polar surface area (TPSA) is 34.9 Å². The van der Waals surface area contributed by atoms with Crippen molar-refractivity contribution in [2.45, 2.75) is 51.1 Å². The van der Waals surface area contributed by atoms with E-state index >= 15 is 0 Å². The molecule has 0 radical (unpaired) electrons. The van der Waals surface area contributed by atoms with Crippen LogP contribution in [0.1, 0.15) is 44.6 Å². The van der Waals surface area contributed by atoms with Crippen LogP contribution >= 0.6 is 34.4 Å². The van der Waals surface area contributed by atoms with Gasteiger partial charge in [-0.25, -0.2) is 4.98 Å². The second-order valence-corrected chi connectivity index (χ2v) is 9.05. The first-order valence-electron chi connectivity index (χ1n) is 9.53. The Morgan fingerprint density at radius 3 is 2.63 bits per heavy atom. The lowest BCUT2D eigenvalue weighted by atomic mass is 10.2. The summed E-state index contributed by atoms with van der Waals surface area (Å²) < 4.78 is 2.84. The van der Waals surface area contributed by atoms with Gasteiger partial charge in [-0.3, -0.25) is 9.36 Å². The summed E-state index contributed by atoms with van der Waals surface area (Å²) in [5, 5.41) is 1.47. The maximum absolute atomic E-state index is 13.3. The average molecular weight is 492 g/mol. The molecular weight excluding hydrogens is 467 g/mol. The number of hydrogen-bond acceptors (Lipinski definition) is 3. The fourth-order valence-electron chi connectivity index (χ4n) is 3.13. The van der Waals surface area contributed by atoms with Gasteiger partial charge in [0.25, 0.3) is 5.56 Å². The molecule has 0 unspecified atom stereocenters. The molecule has 0 amide bonds. The van der Waals surface area contributed by atoms with Crippen molar-refractivity contribution in [2.75, 3.05) is 5.75 Å². The molecule has 0 fully saturated rings. The number of fused-ring (bicyclic) bond motifs is 1. The number of benzene rings is 2. The van der Waals surface area contributed by atoms with E-state index in [1.54, 1.807) is 16.3 Å². The number of rotatable bonds is 8. The third-order valence-electron chi connectivity index (χ3n) is 4.63. The van der Waals surface area contributed by atoms with E-state index in [1.165, 1.54) is 25.7 Å². The Morgan fingerprint density at radius 2 is 1.85 bits per heavy atom. The largest absolute Gasteiger partial charge is 0.268 e. The van der Waals surface area contributed by atoms with E-state index in [1.807, 2.05) is 49.4 Å². The minimum Gasteiger partial charge on any atom is -0.268 e. The number of unbranched alkanes of at least 4 members (excludes halogenated alkanes) is 4. The lowest BCUT2D eigenvalue weighted by Gasteiger charge is -2.15. The molecule has 0 atom stereocenters. The molecule has 0 N–H and O–H groups in total. The van der Waals surface area contributed by atoms with Crippen LogP contribution in [-0.2, 0) is 0 Å². The van der Waals surface area contributed by atoms with Crippen molar-refractivity contribution in [3.05, 3.63) is 62.0 Å². The molecule has 3 nitrogen and oxygen atoms in total. The quantitative estimate of drug-likeness (QED) is 0.159. The Kier molecular flexibility index (Phi) is 7.35. The van der Waals surface area contributed by atoms with Gasteiger partial charge in [-0.2, -0.15) is 0 Å². The van der Waals surface area contributed by atoms with Gasteiger partial charge in [-0.1, -0.05) is 62.6 Å². The van der Waals surface area contributed by atoms with Crippen molar-refractivity contribution in [2.24, 2.45) is 0 Å². The molecule has 1 heterocycles. The van der Waals surface area contributed by atoms with E-state index in [0.717, 1.165) is 37.7 Å². The zero-order valence-electron chi connectivity index (χ0n) is 15.9. The molecule has 2 aromatic carbocycles. The highest BCUT2D eigenvalue weighted by atomic mass is 127. The number of thioether (sulfide) groups is 1. The molecule has 3 aromatic rings. The summed E-state index contributed by atoms with van der Waals surface area (Å²) in [5.74, 6) is 0.984. The molecular formula is C22H25IN2OS. The maximum atomic E-state index is 13.3. The third-order valence-corrected chi connectivity index (χ3v) is 6.33. The first-order valence-corrected chi connectivity index (χ1v) is 11.6. The molecule has 142 valence electrons. The van der Waals surface area contributed by atoms with Crippen molar-refractivity contribution in [3.63, 3.8) is 0 Å². The molecule has 0 aliphatic heterocycles. The number of para-hydroxylation sites is 1. The molecule has 0 aliphatic carbocycles. The van der Waals surface area contributed by atoms with Gasteiger partial charge >= 0.3 is 0 Å². The molecule has 5 heteroatoms. The minimum atomic E-state index is 0.0151. The van der Waals surface area contributed by atoms with Crippen LogP contribution in [-0.4, -0.2) is 15.3 Å². The predicted molar refractivity (Wildman–Crippen MR) is 124 cm³/mol. The van der Waals surface area contributed by atoms with Gasteiger partial charge in [0.15, 0.2) is 5.16 Å². The number of nitrogens with zero attached hydrogens (tertiary/aromatic N) is 2. The summed E-state index contributed by atoms with van der Waals surface area (Å²) in [4.78, 5) is 18.2. The Hall–Kier alpha value is -1.34. The molecule has 1 aromatic heterocycles. The van der Waals surface area contributed by atoms with E-state index in [4.69, 9.17) is 4.98 Å². The van der Waals surface area contributed by atoms with Gasteiger partial charge in [0.2, 0.25) is 0 Å². The number of hydrogen-bond donors (Lipinski definition) is 0. The first kappa shape index (κ1) is 20.4. The molecule has 0 spiro atoms. The van der Waals surface area contributed by atoms with E-state index < -0.39 is 0 Å². The van der Waals surface area contributed by atoms with Crippen LogP contribution in [0.15, 0.2) is 52.4 Å². The van der Waals surface area contributed by atoms with Gasteiger partial charge < -0.3 is 0 Å². The minimum absolute atomic E-state index is 0.0151. The van der Waals surface area contributed by atoms with Gasteiger partial charge in [-0.05, 0) is 65.8 Å². The standard InChI is InChI=1S/C22H25IN2OS/c1-3-4-5-6-9-14-27-22-24-19-13-12-17(23)15-18(19)21(26)25(22)20-11-8-7-10-16(20)2/h7-8,10-13,15H,3-6,9,14H2,1-2H3. The van der Waals surface area contributed by atoms with E-state index in [-0.39, 0.29) is 5.56 Å². The van der Waals surface area contributed by atoms with Crippen LogP contribution in [0.5, 0.6) is 0 Å². The Morgan fingerprint density at radius 1 is 1.07 bits per heavy atom. The van der Waals surface area contributed by atoms with Crippen LogP contribution in [0.3, 0.4) is 0 Å². The zero-order valence-corrected chi connectivity index (χ0v) is 18.8. The smallest absolute Gasteiger partial charge is 0.266 e. The number of aryl methyl sites for hydroxylation is 1.